The van der Waals surface area contributed by atoms with Gasteiger partial charge in [-0.15, -0.1) is 0 Å². The lowest BCUT2D eigenvalue weighted by Crippen LogP contribution is -2.46. The van der Waals surface area contributed by atoms with E-state index in [0.717, 1.165) is 12.1 Å². The maximum absolute atomic E-state index is 13.8. The van der Waals surface area contributed by atoms with Crippen LogP contribution in [0, 0.1) is 24.1 Å². The average molecular weight is 449 g/mol. The van der Waals surface area contributed by atoms with E-state index in [1.165, 1.54) is 37.1 Å². The number of alkyl halides is 3. The Balaban J connectivity index is 2.03. The molecule has 0 saturated carbocycles. The highest BCUT2D eigenvalue weighted by molar-refractivity contribution is 6.01. The molecule has 1 amide bonds. The number of fused-ring (bicyclic) bond motifs is 1. The van der Waals surface area contributed by atoms with E-state index in [0.29, 0.717) is 17.7 Å². The van der Waals surface area contributed by atoms with Crippen molar-refractivity contribution in [1.29, 1.82) is 5.26 Å². The number of nitrogens with zero attached hydrogens (tertiary/aromatic N) is 4. The Bertz CT molecular complexity index is 1100. The number of pyridine rings is 1. The number of benzene rings is 1. The van der Waals surface area contributed by atoms with Crippen molar-refractivity contribution in [2.45, 2.75) is 25.6 Å². The Morgan fingerprint density at radius 2 is 2.03 bits per heavy atom. The van der Waals surface area contributed by atoms with Gasteiger partial charge in [-0.1, -0.05) is 0 Å². The van der Waals surface area contributed by atoms with Crippen molar-refractivity contribution in [1.82, 2.24) is 4.98 Å². The summed E-state index contributed by atoms with van der Waals surface area (Å²) < 4.78 is 54.1. The molecule has 1 atom stereocenters. The minimum atomic E-state index is -4.78. The minimum Gasteiger partial charge on any atom is -0.363 e. The number of halogens is 4. The number of hydrogen-bond donors (Lipinski definition) is 1. The van der Waals surface area contributed by atoms with Crippen LogP contribution in [0.5, 0.6) is 0 Å². The molecule has 0 saturated heterocycles. The molecule has 2 aromatic rings. The summed E-state index contributed by atoms with van der Waals surface area (Å²) in [6.07, 6.45) is -4.08. The van der Waals surface area contributed by atoms with Gasteiger partial charge in [0.05, 0.1) is 23.5 Å². The van der Waals surface area contributed by atoms with Crippen molar-refractivity contribution in [3.8, 4) is 6.07 Å². The lowest BCUT2D eigenvalue weighted by atomic mass is 10.0. The summed E-state index contributed by atoms with van der Waals surface area (Å²) >= 11 is 0. The van der Waals surface area contributed by atoms with Gasteiger partial charge in [0.15, 0.2) is 0 Å². The SMILES string of the molecule is Cc1cc(C(F)(F)F)c(C#N)c(N[C@H]2CCN(CC=O)c3cc(F)ccc3N(C)C2=O)n1. The van der Waals surface area contributed by atoms with Crippen LogP contribution in [0.4, 0.5) is 34.8 Å². The summed E-state index contributed by atoms with van der Waals surface area (Å²) in [6.45, 7) is 1.41. The molecular formula is C21H19F4N5O2. The van der Waals surface area contributed by atoms with Gasteiger partial charge in [0.1, 0.15) is 35.6 Å². The fourth-order valence-electron chi connectivity index (χ4n) is 3.61. The third kappa shape index (κ3) is 4.49. The van der Waals surface area contributed by atoms with Crippen LogP contribution in [0.15, 0.2) is 24.3 Å². The van der Waals surface area contributed by atoms with E-state index in [1.54, 1.807) is 4.90 Å². The Morgan fingerprint density at radius 1 is 1.31 bits per heavy atom. The molecule has 1 aromatic carbocycles. The molecule has 2 heterocycles. The molecule has 0 radical (unpaired) electrons. The smallest absolute Gasteiger partial charge is 0.363 e. The molecule has 0 unspecified atom stereocenters. The molecule has 1 aliphatic heterocycles. The molecule has 1 N–H and O–H groups in total. The molecule has 11 heteroatoms. The van der Waals surface area contributed by atoms with Crippen LogP contribution in [0.25, 0.3) is 0 Å². The highest BCUT2D eigenvalue weighted by Gasteiger charge is 2.37. The number of anilines is 3. The molecule has 0 fully saturated rings. The van der Waals surface area contributed by atoms with E-state index >= 15 is 0 Å². The molecule has 0 aliphatic carbocycles. The summed E-state index contributed by atoms with van der Waals surface area (Å²) in [5.41, 5.74) is -1.16. The number of rotatable bonds is 4. The fourth-order valence-corrected chi connectivity index (χ4v) is 3.61. The van der Waals surface area contributed by atoms with E-state index in [2.05, 4.69) is 10.3 Å². The fraction of sp³-hybridized carbons (Fsp3) is 0.333. The van der Waals surface area contributed by atoms with E-state index in [1.807, 2.05) is 0 Å². The predicted octanol–water partition coefficient (Wildman–Crippen LogP) is 3.27. The van der Waals surface area contributed by atoms with Crippen molar-refractivity contribution >= 4 is 29.4 Å². The first kappa shape index (κ1) is 23.0. The van der Waals surface area contributed by atoms with Gasteiger partial charge >= 0.3 is 6.18 Å². The number of aryl methyl sites for hydroxylation is 1. The van der Waals surface area contributed by atoms with E-state index in [4.69, 9.17) is 0 Å². The van der Waals surface area contributed by atoms with Crippen molar-refractivity contribution < 1.29 is 27.2 Å². The number of carbonyl (C=O) groups is 2. The van der Waals surface area contributed by atoms with Gasteiger partial charge in [-0.2, -0.15) is 18.4 Å². The molecule has 0 spiro atoms. The summed E-state index contributed by atoms with van der Waals surface area (Å²) in [7, 11) is 1.44. The van der Waals surface area contributed by atoms with Gasteiger partial charge in [0.2, 0.25) is 5.91 Å². The van der Waals surface area contributed by atoms with Gasteiger partial charge in [-0.05, 0) is 37.6 Å². The number of amides is 1. The van der Waals surface area contributed by atoms with Gasteiger partial charge in [0, 0.05) is 19.3 Å². The van der Waals surface area contributed by atoms with Crippen LogP contribution in [0.2, 0.25) is 0 Å². The number of hydrogen-bond acceptors (Lipinski definition) is 6. The highest BCUT2D eigenvalue weighted by atomic mass is 19.4. The molecular weight excluding hydrogens is 430 g/mol. The molecule has 1 aliphatic rings. The van der Waals surface area contributed by atoms with Gasteiger partial charge in [0.25, 0.3) is 0 Å². The first-order valence-electron chi connectivity index (χ1n) is 9.58. The monoisotopic (exact) mass is 449 g/mol. The third-order valence-electron chi connectivity index (χ3n) is 5.13. The van der Waals surface area contributed by atoms with Crippen LogP contribution in [0.3, 0.4) is 0 Å². The lowest BCUT2D eigenvalue weighted by Gasteiger charge is -2.35. The van der Waals surface area contributed by atoms with Crippen molar-refractivity contribution in [2.24, 2.45) is 0 Å². The Hall–Kier alpha value is -3.68. The van der Waals surface area contributed by atoms with Crippen LogP contribution in [0.1, 0.15) is 23.2 Å². The van der Waals surface area contributed by atoms with Gasteiger partial charge < -0.3 is 19.9 Å². The second-order valence-corrected chi connectivity index (χ2v) is 7.27. The lowest BCUT2D eigenvalue weighted by molar-refractivity contribution is -0.137. The maximum Gasteiger partial charge on any atom is 0.417 e. The van der Waals surface area contributed by atoms with Crippen molar-refractivity contribution in [2.75, 3.05) is 35.3 Å². The number of nitriles is 1. The Kier molecular flexibility index (Phi) is 6.34. The molecule has 7 nitrogen and oxygen atoms in total. The molecule has 3 rings (SSSR count). The number of carbonyl (C=O) groups excluding carboxylic acids is 2. The van der Waals surface area contributed by atoms with Crippen LogP contribution in [-0.2, 0) is 15.8 Å². The third-order valence-corrected chi connectivity index (χ3v) is 5.13. The number of aldehydes is 1. The van der Waals surface area contributed by atoms with Crippen LogP contribution in [-0.4, -0.2) is 43.4 Å². The zero-order valence-corrected chi connectivity index (χ0v) is 17.2. The summed E-state index contributed by atoms with van der Waals surface area (Å²) in [6, 6.07) is 5.01. The zero-order valence-electron chi connectivity index (χ0n) is 17.2. The average Bonchev–Trinajstić information content (AvgIpc) is 2.73. The Labute approximate surface area is 181 Å². The van der Waals surface area contributed by atoms with E-state index < -0.39 is 35.1 Å². The summed E-state index contributed by atoms with van der Waals surface area (Å²) in [5, 5.41) is 12.1. The Morgan fingerprint density at radius 3 is 2.66 bits per heavy atom. The van der Waals surface area contributed by atoms with Crippen molar-refractivity contribution in [3.05, 3.63) is 46.9 Å². The second-order valence-electron chi connectivity index (χ2n) is 7.27. The number of likely N-dealkylation sites (N-methyl/N-ethyl adjacent to an activating group) is 1. The van der Waals surface area contributed by atoms with Crippen LogP contribution < -0.4 is 15.1 Å². The standard InChI is InChI=1S/C21H19F4N5O2/c1-12-9-15(21(23,24)25)14(11-26)19(27-12)28-16-5-6-30(7-8-31)18-10-13(22)3-4-17(18)29(2)20(16)32/h3-4,8-10,16H,5-7H2,1-2H3,(H,27,28)/t16-/m0/s1. The molecule has 168 valence electrons. The maximum atomic E-state index is 13.8. The number of nitrogens with one attached hydrogen (secondary N) is 1. The largest absolute Gasteiger partial charge is 0.417 e. The first-order chi connectivity index (χ1) is 15.1. The molecule has 1 aromatic heterocycles. The van der Waals surface area contributed by atoms with E-state index in [9.17, 15) is 32.4 Å². The summed E-state index contributed by atoms with van der Waals surface area (Å²) in [4.78, 5) is 31.1. The van der Waals surface area contributed by atoms with Gasteiger partial charge in [-0.25, -0.2) is 9.37 Å². The highest BCUT2D eigenvalue weighted by Crippen LogP contribution is 2.36. The molecule has 32 heavy (non-hydrogen) atoms. The normalized spacial score (nSPS) is 16.7. The second kappa shape index (κ2) is 8.82. The first-order valence-corrected chi connectivity index (χ1v) is 9.58. The quantitative estimate of drug-likeness (QED) is 0.569. The molecule has 0 bridgehead atoms. The summed E-state index contributed by atoms with van der Waals surface area (Å²) in [5.74, 6) is -1.41. The van der Waals surface area contributed by atoms with Crippen LogP contribution >= 0.6 is 0 Å². The topological polar surface area (TPSA) is 89.3 Å². The van der Waals surface area contributed by atoms with Crippen molar-refractivity contribution in [3.63, 3.8) is 0 Å². The van der Waals surface area contributed by atoms with E-state index in [-0.39, 0.29) is 31.0 Å². The zero-order chi connectivity index (χ0) is 23.6. The number of aromatic nitrogens is 1. The minimum absolute atomic E-state index is 0.0221. The van der Waals surface area contributed by atoms with Gasteiger partial charge in [-0.3, -0.25) is 4.79 Å². The predicted molar refractivity (Wildman–Crippen MR) is 109 cm³/mol.